The number of phenolic OH excluding ortho intramolecular Hbond substituents is 1. The number of aryl methyl sites for hydroxylation is 1. The number of nitrogens with one attached hydrogen (secondary N) is 1. The number of carbonyl (C=O) groups is 1. The van der Waals surface area contributed by atoms with Crippen LogP contribution in [-0.2, 0) is 0 Å². The Hall–Kier alpha value is -1.75. The standard InChI is InChI=1S/C15H17BrN2O2/c1-9(2)18-8-11(16)6-13(18)15(20)17-12-5-4-10(3)14(19)7-12/h4-9,19H,1-3H3,(H,17,20). The quantitative estimate of drug-likeness (QED) is 0.886. The number of phenols is 1. The van der Waals surface area contributed by atoms with E-state index in [1.807, 2.05) is 31.5 Å². The molecule has 1 amide bonds. The van der Waals surface area contributed by atoms with E-state index in [4.69, 9.17) is 0 Å². The fraction of sp³-hybridized carbons (Fsp3) is 0.267. The molecule has 0 radical (unpaired) electrons. The molecular formula is C15H17BrN2O2. The third kappa shape index (κ3) is 3.04. The van der Waals surface area contributed by atoms with Gasteiger partial charge in [-0.3, -0.25) is 4.79 Å². The van der Waals surface area contributed by atoms with Gasteiger partial charge in [-0.2, -0.15) is 0 Å². The first kappa shape index (κ1) is 14.7. The monoisotopic (exact) mass is 336 g/mol. The van der Waals surface area contributed by atoms with Crippen LogP contribution in [0.15, 0.2) is 34.9 Å². The van der Waals surface area contributed by atoms with E-state index >= 15 is 0 Å². The molecule has 0 fully saturated rings. The predicted molar refractivity (Wildman–Crippen MR) is 83.3 cm³/mol. The van der Waals surface area contributed by atoms with Crippen LogP contribution in [0.3, 0.4) is 0 Å². The van der Waals surface area contributed by atoms with Gasteiger partial charge in [0.2, 0.25) is 0 Å². The molecule has 0 aliphatic carbocycles. The van der Waals surface area contributed by atoms with Gasteiger partial charge in [-0.15, -0.1) is 0 Å². The van der Waals surface area contributed by atoms with Crippen molar-refractivity contribution in [3.63, 3.8) is 0 Å². The van der Waals surface area contributed by atoms with Crippen LogP contribution in [0.1, 0.15) is 35.9 Å². The molecule has 0 aliphatic rings. The van der Waals surface area contributed by atoms with Crippen molar-refractivity contribution in [1.29, 1.82) is 0 Å². The Kier molecular flexibility index (Phi) is 4.18. The smallest absolute Gasteiger partial charge is 0.272 e. The minimum Gasteiger partial charge on any atom is -0.508 e. The fourth-order valence-electron chi connectivity index (χ4n) is 1.94. The summed E-state index contributed by atoms with van der Waals surface area (Å²) < 4.78 is 2.76. The molecule has 2 aromatic rings. The van der Waals surface area contributed by atoms with E-state index < -0.39 is 0 Å². The fourth-order valence-corrected chi connectivity index (χ4v) is 2.37. The molecule has 0 aliphatic heterocycles. The lowest BCUT2D eigenvalue weighted by molar-refractivity contribution is 0.101. The third-order valence-corrected chi connectivity index (χ3v) is 3.50. The van der Waals surface area contributed by atoms with Crippen molar-refractivity contribution < 1.29 is 9.90 Å². The van der Waals surface area contributed by atoms with Gasteiger partial charge in [-0.25, -0.2) is 0 Å². The number of hydrogen-bond acceptors (Lipinski definition) is 2. The molecule has 0 bridgehead atoms. The summed E-state index contributed by atoms with van der Waals surface area (Å²) in [5.74, 6) is -0.0316. The predicted octanol–water partition coefficient (Wildman–Crippen LogP) is 4.10. The molecule has 1 aromatic carbocycles. The molecule has 20 heavy (non-hydrogen) atoms. The van der Waals surface area contributed by atoms with Gasteiger partial charge in [-0.05, 0) is 54.4 Å². The maximum Gasteiger partial charge on any atom is 0.272 e. The van der Waals surface area contributed by atoms with Crippen LogP contribution in [0, 0.1) is 6.92 Å². The Morgan fingerprint density at radius 2 is 2.05 bits per heavy atom. The van der Waals surface area contributed by atoms with Crippen molar-refractivity contribution in [2.75, 3.05) is 5.32 Å². The molecule has 1 aromatic heterocycles. The lowest BCUT2D eigenvalue weighted by Gasteiger charge is -2.13. The zero-order valence-corrected chi connectivity index (χ0v) is 13.2. The van der Waals surface area contributed by atoms with Crippen LogP contribution >= 0.6 is 15.9 Å². The highest BCUT2D eigenvalue weighted by molar-refractivity contribution is 9.10. The largest absolute Gasteiger partial charge is 0.508 e. The summed E-state index contributed by atoms with van der Waals surface area (Å²) in [5.41, 5.74) is 1.92. The van der Waals surface area contributed by atoms with Crippen LogP contribution in [0.2, 0.25) is 0 Å². The summed E-state index contributed by atoms with van der Waals surface area (Å²) in [6.07, 6.45) is 1.88. The highest BCUT2D eigenvalue weighted by atomic mass is 79.9. The summed E-state index contributed by atoms with van der Waals surface area (Å²) in [5, 5.41) is 12.5. The summed E-state index contributed by atoms with van der Waals surface area (Å²) in [4.78, 5) is 12.3. The summed E-state index contributed by atoms with van der Waals surface area (Å²) >= 11 is 3.39. The van der Waals surface area contributed by atoms with Crippen LogP contribution in [0.25, 0.3) is 0 Å². The van der Waals surface area contributed by atoms with E-state index in [0.717, 1.165) is 10.0 Å². The van der Waals surface area contributed by atoms with Gasteiger partial charge in [0.15, 0.2) is 0 Å². The van der Waals surface area contributed by atoms with Gasteiger partial charge < -0.3 is 15.0 Å². The van der Waals surface area contributed by atoms with Crippen LogP contribution in [-0.4, -0.2) is 15.6 Å². The molecule has 4 nitrogen and oxygen atoms in total. The zero-order valence-electron chi connectivity index (χ0n) is 11.6. The second kappa shape index (κ2) is 5.71. The minimum atomic E-state index is -0.201. The second-order valence-corrected chi connectivity index (χ2v) is 5.92. The van der Waals surface area contributed by atoms with E-state index in [2.05, 4.69) is 21.2 Å². The summed E-state index contributed by atoms with van der Waals surface area (Å²) in [6, 6.07) is 7.05. The van der Waals surface area contributed by atoms with Crippen LogP contribution in [0.4, 0.5) is 5.69 Å². The van der Waals surface area contributed by atoms with Crippen molar-refractivity contribution in [2.45, 2.75) is 26.8 Å². The highest BCUT2D eigenvalue weighted by Gasteiger charge is 2.15. The number of halogens is 1. The number of hydrogen-bond donors (Lipinski definition) is 2. The lowest BCUT2D eigenvalue weighted by Crippen LogP contribution is -2.17. The first-order chi connectivity index (χ1) is 9.38. The number of nitrogens with zero attached hydrogens (tertiary/aromatic N) is 1. The molecule has 2 rings (SSSR count). The normalized spacial score (nSPS) is 10.8. The Morgan fingerprint density at radius 1 is 1.35 bits per heavy atom. The minimum absolute atomic E-state index is 0.170. The molecule has 0 atom stereocenters. The Balaban J connectivity index is 2.26. The number of benzene rings is 1. The van der Waals surface area contributed by atoms with E-state index in [1.54, 1.807) is 24.3 Å². The highest BCUT2D eigenvalue weighted by Crippen LogP contribution is 2.23. The average Bonchev–Trinajstić information content (AvgIpc) is 2.76. The third-order valence-electron chi connectivity index (χ3n) is 3.07. The topological polar surface area (TPSA) is 54.3 Å². The first-order valence-electron chi connectivity index (χ1n) is 6.37. The molecule has 2 N–H and O–H groups in total. The number of carbonyl (C=O) groups excluding carboxylic acids is 1. The number of aromatic hydroxyl groups is 1. The maximum absolute atomic E-state index is 12.3. The molecule has 0 unspecified atom stereocenters. The van der Waals surface area contributed by atoms with E-state index in [0.29, 0.717) is 11.4 Å². The van der Waals surface area contributed by atoms with Crippen molar-refractivity contribution in [2.24, 2.45) is 0 Å². The maximum atomic E-state index is 12.3. The SMILES string of the molecule is Cc1ccc(NC(=O)c2cc(Br)cn2C(C)C)cc1O. The van der Waals surface area contributed by atoms with Gasteiger partial charge in [-0.1, -0.05) is 6.07 Å². The average molecular weight is 337 g/mol. The van der Waals surface area contributed by atoms with Gasteiger partial charge in [0.05, 0.1) is 0 Å². The Morgan fingerprint density at radius 3 is 2.65 bits per heavy atom. The second-order valence-electron chi connectivity index (χ2n) is 5.00. The molecular weight excluding hydrogens is 320 g/mol. The zero-order chi connectivity index (χ0) is 14.9. The van der Waals surface area contributed by atoms with Gasteiger partial charge in [0, 0.05) is 28.5 Å². The Bertz CT molecular complexity index is 647. The van der Waals surface area contributed by atoms with Crippen molar-refractivity contribution in [3.05, 3.63) is 46.2 Å². The molecule has 0 saturated carbocycles. The van der Waals surface area contributed by atoms with Crippen LogP contribution < -0.4 is 5.32 Å². The van der Waals surface area contributed by atoms with Crippen molar-refractivity contribution in [3.8, 4) is 5.75 Å². The number of aromatic nitrogens is 1. The lowest BCUT2D eigenvalue weighted by atomic mass is 10.2. The van der Waals surface area contributed by atoms with Crippen LogP contribution in [0.5, 0.6) is 5.75 Å². The molecule has 106 valence electrons. The number of amides is 1. The van der Waals surface area contributed by atoms with Crippen molar-refractivity contribution in [1.82, 2.24) is 4.57 Å². The van der Waals surface area contributed by atoms with Gasteiger partial charge in [0.25, 0.3) is 5.91 Å². The van der Waals surface area contributed by atoms with Gasteiger partial charge in [0.1, 0.15) is 11.4 Å². The number of rotatable bonds is 3. The number of anilines is 1. The molecule has 0 spiro atoms. The van der Waals surface area contributed by atoms with Gasteiger partial charge >= 0.3 is 0 Å². The summed E-state index contributed by atoms with van der Waals surface area (Å²) in [7, 11) is 0. The van der Waals surface area contributed by atoms with Crippen molar-refractivity contribution >= 4 is 27.5 Å². The van der Waals surface area contributed by atoms with E-state index in [9.17, 15) is 9.90 Å². The molecule has 5 heteroatoms. The van der Waals surface area contributed by atoms with E-state index in [1.165, 1.54) is 0 Å². The molecule has 1 heterocycles. The van der Waals surface area contributed by atoms with E-state index in [-0.39, 0.29) is 17.7 Å². The summed E-state index contributed by atoms with van der Waals surface area (Å²) in [6.45, 7) is 5.84. The first-order valence-corrected chi connectivity index (χ1v) is 7.16. The Labute approximate surface area is 126 Å². The molecule has 0 saturated heterocycles.